The number of thioether (sulfide) groups is 1. The number of amides is 1. The predicted octanol–water partition coefficient (Wildman–Crippen LogP) is 2.72. The summed E-state index contributed by atoms with van der Waals surface area (Å²) in [5.74, 6) is 2.93. The molecule has 0 spiro atoms. The number of hydrogen-bond acceptors (Lipinski definition) is 4. The summed E-state index contributed by atoms with van der Waals surface area (Å²) < 4.78 is 10.7. The second-order valence-electron chi connectivity index (χ2n) is 5.37. The lowest BCUT2D eigenvalue weighted by molar-refractivity contribution is -0.119. The summed E-state index contributed by atoms with van der Waals surface area (Å²) in [6.07, 6.45) is 0. The van der Waals surface area contributed by atoms with Gasteiger partial charge in [-0.1, -0.05) is 0 Å². The highest BCUT2D eigenvalue weighted by Gasteiger charge is 2.13. The fourth-order valence-corrected chi connectivity index (χ4v) is 2.11. The van der Waals surface area contributed by atoms with Crippen LogP contribution in [0.15, 0.2) is 24.3 Å². The van der Waals surface area contributed by atoms with Crippen molar-refractivity contribution >= 4 is 17.7 Å². The molecule has 1 N–H and O–H groups in total. The Bertz CT molecular complexity index is 412. The molecule has 112 valence electrons. The lowest BCUT2D eigenvalue weighted by atomic mass is 10.1. The van der Waals surface area contributed by atoms with E-state index in [9.17, 15) is 4.79 Å². The summed E-state index contributed by atoms with van der Waals surface area (Å²) in [7, 11) is 1.63. The van der Waals surface area contributed by atoms with E-state index in [1.165, 1.54) is 0 Å². The Hall–Kier alpha value is -1.36. The average molecular weight is 297 g/mol. The minimum atomic E-state index is -0.169. The summed E-state index contributed by atoms with van der Waals surface area (Å²) in [6.45, 7) is 6.51. The number of nitrogens with one attached hydrogen (secondary N) is 1. The van der Waals surface area contributed by atoms with Crippen molar-refractivity contribution in [3.05, 3.63) is 24.3 Å². The standard InChI is InChI=1S/C15H23NO3S/c1-15(2,3)16-14(17)11-20-10-9-19-13-7-5-12(18-4)6-8-13/h5-8H,9-11H2,1-4H3,(H,16,17). The Balaban J connectivity index is 2.14. The van der Waals surface area contributed by atoms with E-state index >= 15 is 0 Å². The normalized spacial score (nSPS) is 11.0. The molecule has 0 fully saturated rings. The number of methoxy groups -OCH3 is 1. The van der Waals surface area contributed by atoms with Crippen LogP contribution in [-0.2, 0) is 4.79 Å². The topological polar surface area (TPSA) is 47.6 Å². The molecule has 0 radical (unpaired) electrons. The molecular formula is C15H23NO3S. The van der Waals surface area contributed by atoms with Crippen LogP contribution in [0, 0.1) is 0 Å². The first-order valence-electron chi connectivity index (χ1n) is 6.56. The average Bonchev–Trinajstić information content (AvgIpc) is 2.37. The van der Waals surface area contributed by atoms with Crippen LogP contribution in [0.2, 0.25) is 0 Å². The van der Waals surface area contributed by atoms with E-state index in [0.717, 1.165) is 17.3 Å². The lowest BCUT2D eigenvalue weighted by Crippen LogP contribution is -2.41. The number of carbonyl (C=O) groups is 1. The summed E-state index contributed by atoms with van der Waals surface area (Å²) in [5, 5.41) is 2.93. The van der Waals surface area contributed by atoms with E-state index < -0.39 is 0 Å². The molecule has 0 aliphatic rings. The second-order valence-corrected chi connectivity index (χ2v) is 6.48. The van der Waals surface area contributed by atoms with Crippen molar-refractivity contribution in [3.63, 3.8) is 0 Å². The smallest absolute Gasteiger partial charge is 0.230 e. The van der Waals surface area contributed by atoms with Crippen molar-refractivity contribution < 1.29 is 14.3 Å². The van der Waals surface area contributed by atoms with Crippen LogP contribution in [0.25, 0.3) is 0 Å². The molecule has 1 aromatic rings. The molecule has 0 bridgehead atoms. The fraction of sp³-hybridized carbons (Fsp3) is 0.533. The molecule has 5 heteroatoms. The molecular weight excluding hydrogens is 274 g/mol. The lowest BCUT2D eigenvalue weighted by Gasteiger charge is -2.20. The molecule has 0 saturated heterocycles. The number of benzene rings is 1. The number of rotatable bonds is 7. The highest BCUT2D eigenvalue weighted by atomic mass is 32.2. The third kappa shape index (κ3) is 7.28. The van der Waals surface area contributed by atoms with E-state index in [4.69, 9.17) is 9.47 Å². The molecule has 0 saturated carbocycles. The van der Waals surface area contributed by atoms with E-state index in [1.54, 1.807) is 18.9 Å². The van der Waals surface area contributed by atoms with Crippen molar-refractivity contribution in [2.45, 2.75) is 26.3 Å². The van der Waals surface area contributed by atoms with Crippen molar-refractivity contribution in [2.24, 2.45) is 0 Å². The minimum absolute atomic E-state index is 0.0620. The third-order valence-corrected chi connectivity index (χ3v) is 3.23. The zero-order valence-corrected chi connectivity index (χ0v) is 13.4. The quantitative estimate of drug-likeness (QED) is 0.786. The van der Waals surface area contributed by atoms with Gasteiger partial charge in [0, 0.05) is 11.3 Å². The Morgan fingerprint density at radius 2 is 1.80 bits per heavy atom. The number of hydrogen-bond donors (Lipinski definition) is 1. The first-order chi connectivity index (χ1) is 9.40. The monoisotopic (exact) mass is 297 g/mol. The van der Waals surface area contributed by atoms with Gasteiger partial charge in [-0.05, 0) is 45.0 Å². The van der Waals surface area contributed by atoms with Crippen LogP contribution in [0.5, 0.6) is 11.5 Å². The highest BCUT2D eigenvalue weighted by molar-refractivity contribution is 7.99. The Morgan fingerprint density at radius 3 is 2.35 bits per heavy atom. The molecule has 20 heavy (non-hydrogen) atoms. The van der Waals surface area contributed by atoms with Gasteiger partial charge in [0.2, 0.25) is 5.91 Å². The van der Waals surface area contributed by atoms with Crippen LogP contribution in [0.4, 0.5) is 0 Å². The fourth-order valence-electron chi connectivity index (χ4n) is 1.51. The second kappa shape index (κ2) is 8.04. The molecule has 0 aromatic heterocycles. The van der Waals surface area contributed by atoms with Crippen LogP contribution < -0.4 is 14.8 Å². The van der Waals surface area contributed by atoms with Gasteiger partial charge in [0.1, 0.15) is 11.5 Å². The summed E-state index contributed by atoms with van der Waals surface area (Å²) >= 11 is 1.57. The molecule has 4 nitrogen and oxygen atoms in total. The van der Waals surface area contributed by atoms with E-state index in [-0.39, 0.29) is 11.4 Å². The summed E-state index contributed by atoms with van der Waals surface area (Å²) in [6, 6.07) is 7.46. The highest BCUT2D eigenvalue weighted by Crippen LogP contribution is 2.17. The third-order valence-electron chi connectivity index (χ3n) is 2.30. The van der Waals surface area contributed by atoms with Crippen LogP contribution >= 0.6 is 11.8 Å². The SMILES string of the molecule is COc1ccc(OCCSCC(=O)NC(C)(C)C)cc1. The molecule has 0 aliphatic heterocycles. The van der Waals surface area contributed by atoms with Gasteiger partial charge in [0.25, 0.3) is 0 Å². The Labute approximate surface area is 125 Å². The molecule has 0 unspecified atom stereocenters. The molecule has 0 atom stereocenters. The van der Waals surface area contributed by atoms with Gasteiger partial charge < -0.3 is 14.8 Å². The molecule has 1 rings (SSSR count). The summed E-state index contributed by atoms with van der Waals surface area (Å²) in [4.78, 5) is 11.6. The van der Waals surface area contributed by atoms with Gasteiger partial charge in [0.05, 0.1) is 19.5 Å². The number of ether oxygens (including phenoxy) is 2. The maximum Gasteiger partial charge on any atom is 0.230 e. The van der Waals surface area contributed by atoms with Gasteiger partial charge in [-0.3, -0.25) is 4.79 Å². The van der Waals surface area contributed by atoms with Gasteiger partial charge >= 0.3 is 0 Å². The van der Waals surface area contributed by atoms with E-state index in [1.807, 2.05) is 45.0 Å². The molecule has 1 amide bonds. The zero-order valence-electron chi connectivity index (χ0n) is 12.6. The molecule has 0 heterocycles. The first-order valence-corrected chi connectivity index (χ1v) is 7.72. The molecule has 0 aliphatic carbocycles. The van der Waals surface area contributed by atoms with Gasteiger partial charge in [0.15, 0.2) is 0 Å². The zero-order chi connectivity index (χ0) is 15.0. The minimum Gasteiger partial charge on any atom is -0.497 e. The van der Waals surface area contributed by atoms with Crippen molar-refractivity contribution in [1.82, 2.24) is 5.32 Å². The largest absolute Gasteiger partial charge is 0.497 e. The van der Waals surface area contributed by atoms with Crippen LogP contribution in [0.3, 0.4) is 0 Å². The van der Waals surface area contributed by atoms with Crippen molar-refractivity contribution in [3.8, 4) is 11.5 Å². The molecule has 1 aromatic carbocycles. The summed E-state index contributed by atoms with van der Waals surface area (Å²) in [5.41, 5.74) is -0.169. The number of carbonyl (C=O) groups excluding carboxylic acids is 1. The van der Waals surface area contributed by atoms with Crippen molar-refractivity contribution in [2.75, 3.05) is 25.2 Å². The van der Waals surface area contributed by atoms with Gasteiger partial charge in [-0.15, -0.1) is 11.8 Å². The van der Waals surface area contributed by atoms with Gasteiger partial charge in [-0.25, -0.2) is 0 Å². The predicted molar refractivity (Wildman–Crippen MR) is 83.7 cm³/mol. The van der Waals surface area contributed by atoms with E-state index in [0.29, 0.717) is 12.4 Å². The van der Waals surface area contributed by atoms with Crippen LogP contribution in [-0.4, -0.2) is 36.7 Å². The maximum absolute atomic E-state index is 11.6. The van der Waals surface area contributed by atoms with Crippen molar-refractivity contribution in [1.29, 1.82) is 0 Å². The maximum atomic E-state index is 11.6. The van der Waals surface area contributed by atoms with E-state index in [2.05, 4.69) is 5.32 Å². The van der Waals surface area contributed by atoms with Crippen LogP contribution in [0.1, 0.15) is 20.8 Å². The Morgan fingerprint density at radius 1 is 1.20 bits per heavy atom. The Kier molecular flexibility index (Phi) is 6.71. The van der Waals surface area contributed by atoms with Gasteiger partial charge in [-0.2, -0.15) is 0 Å². The first kappa shape index (κ1) is 16.7.